The summed E-state index contributed by atoms with van der Waals surface area (Å²) in [4.78, 5) is 32.0. The summed E-state index contributed by atoms with van der Waals surface area (Å²) in [6.07, 6.45) is 0.710. The molecule has 178 valence electrons. The van der Waals surface area contributed by atoms with Crippen LogP contribution in [-0.4, -0.2) is 34.0 Å². The number of aromatic hydroxyl groups is 1. The van der Waals surface area contributed by atoms with Gasteiger partial charge in [0.2, 0.25) is 5.88 Å². The summed E-state index contributed by atoms with van der Waals surface area (Å²) in [7, 11) is 1.54. The van der Waals surface area contributed by atoms with Crippen LogP contribution in [0.2, 0.25) is 0 Å². The van der Waals surface area contributed by atoms with Gasteiger partial charge in [-0.05, 0) is 48.7 Å². The van der Waals surface area contributed by atoms with E-state index in [1.54, 1.807) is 31.2 Å². The number of nitrogens with one attached hydrogen (secondary N) is 1. The highest BCUT2D eigenvalue weighted by Crippen LogP contribution is 2.28. The Kier molecular flexibility index (Phi) is 7.26. The molecule has 0 saturated carbocycles. The molecule has 0 saturated heterocycles. The Balaban J connectivity index is 1.64. The Bertz CT molecular complexity index is 1380. The van der Waals surface area contributed by atoms with E-state index in [1.165, 1.54) is 18.2 Å². The Hall–Kier alpha value is -4.39. The number of H-pyrrole nitrogens is 1. The number of hydrogen-bond acceptors (Lipinski definition) is 5. The summed E-state index contributed by atoms with van der Waals surface area (Å²) in [5.41, 5.74) is 1.67. The van der Waals surface area contributed by atoms with Crippen LogP contribution >= 0.6 is 0 Å². The van der Waals surface area contributed by atoms with E-state index in [2.05, 4.69) is 34.2 Å². The van der Waals surface area contributed by atoms with Gasteiger partial charge < -0.3 is 9.84 Å². The van der Waals surface area contributed by atoms with Gasteiger partial charge in [-0.2, -0.15) is 0 Å². The van der Waals surface area contributed by atoms with Crippen molar-refractivity contribution >= 4 is 5.71 Å². The first-order chi connectivity index (χ1) is 17.0. The minimum atomic E-state index is -0.734. The van der Waals surface area contributed by atoms with Crippen LogP contribution in [0.4, 0.5) is 0 Å². The summed E-state index contributed by atoms with van der Waals surface area (Å²) in [5, 5.41) is 10.9. The van der Waals surface area contributed by atoms with Crippen molar-refractivity contribution in [3.8, 4) is 17.3 Å². The maximum absolute atomic E-state index is 12.6. The summed E-state index contributed by atoms with van der Waals surface area (Å²) in [5.74, 6) is 0.289. The highest BCUT2D eigenvalue weighted by molar-refractivity contribution is 6.00. The molecular formula is C28H27N3O4. The Morgan fingerprint density at radius 3 is 2.06 bits per heavy atom. The average molecular weight is 470 g/mol. The van der Waals surface area contributed by atoms with Crippen molar-refractivity contribution in [3.63, 3.8) is 0 Å². The zero-order valence-corrected chi connectivity index (χ0v) is 19.6. The second-order valence-corrected chi connectivity index (χ2v) is 8.12. The first kappa shape index (κ1) is 23.8. The summed E-state index contributed by atoms with van der Waals surface area (Å²) >= 11 is 0. The fourth-order valence-electron chi connectivity index (χ4n) is 4.16. The van der Waals surface area contributed by atoms with E-state index in [-0.39, 0.29) is 11.5 Å². The van der Waals surface area contributed by atoms with E-state index in [9.17, 15) is 14.7 Å². The largest absolute Gasteiger partial charge is 0.497 e. The lowest BCUT2D eigenvalue weighted by molar-refractivity contribution is 0.414. The molecule has 0 aliphatic rings. The average Bonchev–Trinajstić information content (AvgIpc) is 2.88. The molecule has 0 unspecified atom stereocenters. The van der Waals surface area contributed by atoms with Gasteiger partial charge in [0.05, 0.1) is 12.8 Å². The normalized spacial score (nSPS) is 11.6. The van der Waals surface area contributed by atoms with Crippen LogP contribution < -0.4 is 16.0 Å². The number of nitrogens with zero attached hydrogens (tertiary/aromatic N) is 2. The minimum absolute atomic E-state index is 0.0311. The number of rotatable bonds is 8. The third-order valence-electron chi connectivity index (χ3n) is 5.95. The van der Waals surface area contributed by atoms with Gasteiger partial charge in [-0.1, -0.05) is 60.7 Å². The molecule has 0 atom stereocenters. The van der Waals surface area contributed by atoms with Crippen LogP contribution in [-0.2, 0) is 0 Å². The van der Waals surface area contributed by atoms with Crippen LogP contribution in [0, 0.1) is 0 Å². The van der Waals surface area contributed by atoms with E-state index < -0.39 is 17.1 Å². The molecule has 1 heterocycles. The van der Waals surface area contributed by atoms with Crippen LogP contribution in [0.25, 0.3) is 5.69 Å². The second-order valence-electron chi connectivity index (χ2n) is 8.12. The number of aromatic nitrogens is 2. The summed E-state index contributed by atoms with van der Waals surface area (Å²) in [6, 6.07) is 27.0. The number of hydrogen-bond donors (Lipinski definition) is 2. The number of benzene rings is 3. The Labute approximate surface area is 203 Å². The molecule has 0 amide bonds. The number of ether oxygens (including phenoxy) is 1. The number of aliphatic imine (C=N–C) groups is 1. The van der Waals surface area contributed by atoms with Crippen LogP contribution in [0.3, 0.4) is 0 Å². The quantitative estimate of drug-likeness (QED) is 0.377. The molecule has 0 radical (unpaired) electrons. The van der Waals surface area contributed by atoms with Crippen LogP contribution in [0.15, 0.2) is 99.5 Å². The summed E-state index contributed by atoms with van der Waals surface area (Å²) < 4.78 is 6.19. The number of aromatic amines is 1. The summed E-state index contributed by atoms with van der Waals surface area (Å²) in [6.45, 7) is 2.09. The van der Waals surface area contributed by atoms with E-state index in [1.807, 2.05) is 36.4 Å². The third-order valence-corrected chi connectivity index (χ3v) is 5.95. The van der Waals surface area contributed by atoms with E-state index in [4.69, 9.17) is 4.74 Å². The molecule has 35 heavy (non-hydrogen) atoms. The van der Waals surface area contributed by atoms with Gasteiger partial charge >= 0.3 is 5.69 Å². The van der Waals surface area contributed by atoms with Gasteiger partial charge in [0, 0.05) is 18.2 Å². The zero-order valence-electron chi connectivity index (χ0n) is 19.6. The van der Waals surface area contributed by atoms with Crippen molar-refractivity contribution in [3.05, 3.63) is 122 Å². The first-order valence-electron chi connectivity index (χ1n) is 11.3. The zero-order chi connectivity index (χ0) is 24.8. The molecule has 0 aliphatic heterocycles. The van der Waals surface area contributed by atoms with Crippen molar-refractivity contribution in [2.75, 3.05) is 13.7 Å². The Morgan fingerprint density at radius 2 is 1.51 bits per heavy atom. The van der Waals surface area contributed by atoms with Gasteiger partial charge in [-0.25, -0.2) is 9.36 Å². The molecule has 0 spiro atoms. The fraction of sp³-hybridized carbons (Fsp3) is 0.179. The van der Waals surface area contributed by atoms with Gasteiger partial charge in [0.1, 0.15) is 11.3 Å². The monoisotopic (exact) mass is 469 g/mol. The molecule has 7 nitrogen and oxygen atoms in total. The minimum Gasteiger partial charge on any atom is -0.497 e. The van der Waals surface area contributed by atoms with Gasteiger partial charge in [-0.15, -0.1) is 0 Å². The second kappa shape index (κ2) is 10.7. The molecule has 4 rings (SSSR count). The maximum atomic E-state index is 12.6. The molecule has 7 heteroatoms. The lowest BCUT2D eigenvalue weighted by Crippen LogP contribution is -2.32. The number of methoxy groups -OCH3 is 1. The van der Waals surface area contributed by atoms with Gasteiger partial charge in [0.15, 0.2) is 0 Å². The van der Waals surface area contributed by atoms with Gasteiger partial charge in [0.25, 0.3) is 5.56 Å². The van der Waals surface area contributed by atoms with Crippen LogP contribution in [0.1, 0.15) is 36.0 Å². The molecular weight excluding hydrogens is 442 g/mol. The predicted molar refractivity (Wildman–Crippen MR) is 137 cm³/mol. The molecule has 0 fully saturated rings. The van der Waals surface area contributed by atoms with Crippen molar-refractivity contribution in [1.82, 2.24) is 9.55 Å². The lowest BCUT2D eigenvalue weighted by Gasteiger charge is -2.17. The Morgan fingerprint density at radius 1 is 0.943 bits per heavy atom. The maximum Gasteiger partial charge on any atom is 0.335 e. The molecule has 1 aromatic heterocycles. The third kappa shape index (κ3) is 5.24. The lowest BCUT2D eigenvalue weighted by atomic mass is 9.88. The smallest absolute Gasteiger partial charge is 0.335 e. The van der Waals surface area contributed by atoms with Crippen molar-refractivity contribution in [2.45, 2.75) is 19.3 Å². The SMILES string of the molecule is COc1ccc(-n2c(O)c(C(C)=NCCC(c3ccccc3)c3ccccc3)c(=O)[nH]c2=O)cc1. The van der Waals surface area contributed by atoms with Crippen molar-refractivity contribution < 1.29 is 9.84 Å². The van der Waals surface area contributed by atoms with Gasteiger partial charge in [-0.3, -0.25) is 14.8 Å². The molecule has 4 aromatic rings. The molecule has 0 bridgehead atoms. The first-order valence-corrected chi connectivity index (χ1v) is 11.3. The van der Waals surface area contributed by atoms with Crippen molar-refractivity contribution in [1.29, 1.82) is 0 Å². The highest BCUT2D eigenvalue weighted by atomic mass is 16.5. The molecule has 2 N–H and O–H groups in total. The molecule has 3 aromatic carbocycles. The topological polar surface area (TPSA) is 96.7 Å². The van der Waals surface area contributed by atoms with E-state index in [0.717, 1.165) is 4.57 Å². The highest BCUT2D eigenvalue weighted by Gasteiger charge is 2.19. The van der Waals surface area contributed by atoms with E-state index >= 15 is 0 Å². The fourth-order valence-corrected chi connectivity index (χ4v) is 4.16. The standard InChI is InChI=1S/C28H27N3O4/c1-19(29-18-17-24(20-9-5-3-6-10-20)21-11-7-4-8-12-21)25-26(32)30-28(34)31(27(25)33)22-13-15-23(35-2)16-14-22/h3-16,24,33H,17-18H2,1-2H3,(H,30,32,34). The van der Waals surface area contributed by atoms with Crippen LogP contribution in [0.5, 0.6) is 11.6 Å². The molecule has 0 aliphatic carbocycles. The van der Waals surface area contributed by atoms with Crippen molar-refractivity contribution in [2.24, 2.45) is 4.99 Å². The predicted octanol–water partition coefficient (Wildman–Crippen LogP) is 4.27. The van der Waals surface area contributed by atoms with E-state index in [0.29, 0.717) is 30.1 Å².